The van der Waals surface area contributed by atoms with Crippen LogP contribution >= 0.6 is 0 Å². The number of ether oxygens (including phenoxy) is 1. The van der Waals surface area contributed by atoms with Crippen LogP contribution in [0.25, 0.3) is 0 Å². The Labute approximate surface area is 110 Å². The first-order valence-corrected chi connectivity index (χ1v) is 7.32. The highest BCUT2D eigenvalue weighted by Gasteiger charge is 2.20. The third-order valence-electron chi connectivity index (χ3n) is 4.06. The minimum atomic E-state index is 0.274. The molecular weight excluding hydrogens is 228 g/mol. The minimum Gasteiger partial charge on any atom is -0.378 e. The molecule has 0 saturated carbocycles. The van der Waals surface area contributed by atoms with Gasteiger partial charge in [-0.1, -0.05) is 0 Å². The third kappa shape index (κ3) is 4.25. The second-order valence-electron chi connectivity index (χ2n) is 5.66. The van der Waals surface area contributed by atoms with Crippen LogP contribution in [-0.4, -0.2) is 50.2 Å². The van der Waals surface area contributed by atoms with E-state index in [1.165, 1.54) is 12.8 Å². The number of carbonyl (C=O) groups is 1. The average molecular weight is 254 g/mol. The molecule has 2 rings (SSSR count). The van der Waals surface area contributed by atoms with Crippen molar-refractivity contribution >= 4 is 5.91 Å². The summed E-state index contributed by atoms with van der Waals surface area (Å²) in [6, 6.07) is 0. The highest BCUT2D eigenvalue weighted by Crippen LogP contribution is 2.18. The van der Waals surface area contributed by atoms with E-state index in [2.05, 4.69) is 5.32 Å². The Morgan fingerprint density at radius 2 is 2.28 bits per heavy atom. The fourth-order valence-electron chi connectivity index (χ4n) is 2.92. The van der Waals surface area contributed by atoms with Crippen molar-refractivity contribution in [2.45, 2.75) is 44.6 Å². The van der Waals surface area contributed by atoms with Crippen LogP contribution in [0.3, 0.4) is 0 Å². The van der Waals surface area contributed by atoms with Gasteiger partial charge in [-0.3, -0.25) is 4.79 Å². The molecule has 2 heterocycles. The number of carbonyl (C=O) groups excluding carboxylic acids is 1. The number of hydrogen-bond acceptors (Lipinski definition) is 3. The van der Waals surface area contributed by atoms with Gasteiger partial charge in [0, 0.05) is 26.6 Å². The van der Waals surface area contributed by atoms with E-state index >= 15 is 0 Å². The molecule has 4 nitrogen and oxygen atoms in total. The van der Waals surface area contributed by atoms with Crippen molar-refractivity contribution in [1.82, 2.24) is 10.2 Å². The summed E-state index contributed by atoms with van der Waals surface area (Å²) >= 11 is 0. The quantitative estimate of drug-likeness (QED) is 0.806. The van der Waals surface area contributed by atoms with Crippen molar-refractivity contribution in [2.24, 2.45) is 5.92 Å². The number of piperidine rings is 1. The van der Waals surface area contributed by atoms with Crippen LogP contribution in [0.1, 0.15) is 38.5 Å². The van der Waals surface area contributed by atoms with Crippen molar-refractivity contribution in [3.8, 4) is 0 Å². The summed E-state index contributed by atoms with van der Waals surface area (Å²) in [7, 11) is 1.94. The predicted octanol–water partition coefficient (Wildman–Crippen LogP) is 1.40. The Balaban J connectivity index is 1.63. The summed E-state index contributed by atoms with van der Waals surface area (Å²) in [5.74, 6) is 0.909. The second kappa shape index (κ2) is 7.10. The van der Waals surface area contributed by atoms with E-state index in [-0.39, 0.29) is 5.91 Å². The SMILES string of the molecule is CN(CC1CCCNC1)C(=O)CCC1CCCO1. The van der Waals surface area contributed by atoms with Gasteiger partial charge < -0.3 is 15.0 Å². The zero-order chi connectivity index (χ0) is 12.8. The normalized spacial score (nSPS) is 28.3. The largest absolute Gasteiger partial charge is 0.378 e. The lowest BCUT2D eigenvalue weighted by molar-refractivity contribution is -0.131. The Morgan fingerprint density at radius 1 is 1.39 bits per heavy atom. The van der Waals surface area contributed by atoms with Crippen molar-refractivity contribution in [3.63, 3.8) is 0 Å². The molecule has 0 aromatic heterocycles. The van der Waals surface area contributed by atoms with Gasteiger partial charge in [-0.25, -0.2) is 0 Å². The monoisotopic (exact) mass is 254 g/mol. The van der Waals surface area contributed by atoms with Crippen LogP contribution in [0.4, 0.5) is 0 Å². The van der Waals surface area contributed by atoms with Gasteiger partial charge in [-0.2, -0.15) is 0 Å². The highest BCUT2D eigenvalue weighted by atomic mass is 16.5. The molecule has 4 heteroatoms. The number of amides is 1. The van der Waals surface area contributed by atoms with Crippen LogP contribution in [-0.2, 0) is 9.53 Å². The lowest BCUT2D eigenvalue weighted by Crippen LogP contribution is -2.39. The van der Waals surface area contributed by atoms with Gasteiger partial charge in [0.15, 0.2) is 0 Å². The molecule has 2 aliphatic rings. The summed E-state index contributed by atoms with van der Waals surface area (Å²) < 4.78 is 5.55. The van der Waals surface area contributed by atoms with Crippen molar-refractivity contribution < 1.29 is 9.53 Å². The van der Waals surface area contributed by atoms with Gasteiger partial charge in [-0.05, 0) is 51.1 Å². The van der Waals surface area contributed by atoms with Crippen molar-refractivity contribution in [2.75, 3.05) is 33.3 Å². The van der Waals surface area contributed by atoms with Crippen LogP contribution in [0.2, 0.25) is 0 Å². The molecule has 1 N–H and O–H groups in total. The van der Waals surface area contributed by atoms with E-state index in [1.54, 1.807) is 0 Å². The zero-order valence-corrected chi connectivity index (χ0v) is 11.5. The number of hydrogen-bond donors (Lipinski definition) is 1. The molecular formula is C14H26N2O2. The van der Waals surface area contributed by atoms with Gasteiger partial charge in [0.1, 0.15) is 0 Å². The van der Waals surface area contributed by atoms with Crippen molar-refractivity contribution in [1.29, 1.82) is 0 Å². The van der Waals surface area contributed by atoms with E-state index in [0.29, 0.717) is 18.4 Å². The first-order chi connectivity index (χ1) is 8.75. The summed E-state index contributed by atoms with van der Waals surface area (Å²) in [6.45, 7) is 3.97. The van der Waals surface area contributed by atoms with Crippen molar-refractivity contribution in [3.05, 3.63) is 0 Å². The predicted molar refractivity (Wildman–Crippen MR) is 71.4 cm³/mol. The molecule has 2 atom stereocenters. The van der Waals surface area contributed by atoms with E-state index in [4.69, 9.17) is 4.74 Å². The summed E-state index contributed by atoms with van der Waals surface area (Å²) in [6.07, 6.45) is 6.64. The fraction of sp³-hybridized carbons (Fsp3) is 0.929. The van der Waals surface area contributed by atoms with E-state index in [1.807, 2.05) is 11.9 Å². The lowest BCUT2D eigenvalue weighted by atomic mass is 9.99. The molecule has 0 radical (unpaired) electrons. The van der Waals surface area contributed by atoms with Gasteiger partial charge >= 0.3 is 0 Å². The molecule has 1 amide bonds. The smallest absolute Gasteiger partial charge is 0.222 e. The molecule has 0 spiro atoms. The van der Waals surface area contributed by atoms with E-state index in [9.17, 15) is 4.79 Å². The third-order valence-corrected chi connectivity index (χ3v) is 4.06. The maximum atomic E-state index is 12.0. The van der Waals surface area contributed by atoms with E-state index < -0.39 is 0 Å². The standard InChI is InChI=1S/C14H26N2O2/c1-16(11-12-4-2-8-15-10-12)14(17)7-6-13-5-3-9-18-13/h12-13,15H,2-11H2,1H3. The Bertz CT molecular complexity index is 259. The first kappa shape index (κ1) is 13.8. The zero-order valence-electron chi connectivity index (χ0n) is 11.5. The molecule has 0 aliphatic carbocycles. The first-order valence-electron chi connectivity index (χ1n) is 7.32. The molecule has 0 aromatic carbocycles. The topological polar surface area (TPSA) is 41.6 Å². The molecule has 104 valence electrons. The maximum absolute atomic E-state index is 12.0. The molecule has 0 bridgehead atoms. The Morgan fingerprint density at radius 3 is 2.94 bits per heavy atom. The van der Waals surface area contributed by atoms with E-state index in [0.717, 1.165) is 45.5 Å². The van der Waals surface area contributed by atoms with Crippen LogP contribution in [0.15, 0.2) is 0 Å². The van der Waals surface area contributed by atoms with Crippen LogP contribution in [0, 0.1) is 5.92 Å². The lowest BCUT2D eigenvalue weighted by Gasteiger charge is -2.28. The Kier molecular flexibility index (Phi) is 5.45. The summed E-state index contributed by atoms with van der Waals surface area (Å²) in [4.78, 5) is 13.9. The summed E-state index contributed by atoms with van der Waals surface area (Å²) in [5.41, 5.74) is 0. The Hall–Kier alpha value is -0.610. The molecule has 18 heavy (non-hydrogen) atoms. The number of rotatable bonds is 5. The second-order valence-corrected chi connectivity index (χ2v) is 5.66. The molecule has 2 unspecified atom stereocenters. The minimum absolute atomic E-state index is 0.274. The molecule has 0 aromatic rings. The average Bonchev–Trinajstić information content (AvgIpc) is 2.90. The maximum Gasteiger partial charge on any atom is 0.222 e. The molecule has 2 fully saturated rings. The fourth-order valence-corrected chi connectivity index (χ4v) is 2.92. The van der Waals surface area contributed by atoms with Crippen LogP contribution in [0.5, 0.6) is 0 Å². The summed E-state index contributed by atoms with van der Waals surface area (Å²) in [5, 5.41) is 3.40. The number of nitrogens with one attached hydrogen (secondary N) is 1. The van der Waals surface area contributed by atoms with Crippen LogP contribution < -0.4 is 5.32 Å². The number of nitrogens with zero attached hydrogens (tertiary/aromatic N) is 1. The van der Waals surface area contributed by atoms with Gasteiger partial charge in [0.2, 0.25) is 5.91 Å². The van der Waals surface area contributed by atoms with Gasteiger partial charge in [-0.15, -0.1) is 0 Å². The van der Waals surface area contributed by atoms with Gasteiger partial charge in [0.25, 0.3) is 0 Å². The molecule has 2 aliphatic heterocycles. The highest BCUT2D eigenvalue weighted by molar-refractivity contribution is 5.75. The molecule has 2 saturated heterocycles. The van der Waals surface area contributed by atoms with Gasteiger partial charge in [0.05, 0.1) is 6.10 Å².